The first kappa shape index (κ1) is 20.1. The topological polar surface area (TPSA) is 45.1 Å². The maximum atomic E-state index is 12.0. The molecule has 0 aromatic heterocycles. The summed E-state index contributed by atoms with van der Waals surface area (Å²) < 4.78 is 4.87. The highest BCUT2D eigenvalue weighted by molar-refractivity contribution is 6.33. The van der Waals surface area contributed by atoms with E-state index in [9.17, 15) is 4.79 Å². The van der Waals surface area contributed by atoms with Crippen molar-refractivity contribution >= 4 is 29.1 Å². The predicted octanol–water partition coefficient (Wildman–Crippen LogP) is 4.01. The van der Waals surface area contributed by atoms with Crippen molar-refractivity contribution in [2.24, 2.45) is 4.99 Å². The molecule has 3 rings (SSSR count). The van der Waals surface area contributed by atoms with Gasteiger partial charge in [-0.3, -0.25) is 4.90 Å². The summed E-state index contributed by atoms with van der Waals surface area (Å²) in [5, 5.41) is 0.592. The molecule has 0 bridgehead atoms. The zero-order chi connectivity index (χ0) is 19.9. The van der Waals surface area contributed by atoms with Gasteiger partial charge in [-0.2, -0.15) is 0 Å². The molecule has 1 saturated heterocycles. The molecule has 28 heavy (non-hydrogen) atoms. The lowest BCUT2D eigenvalue weighted by molar-refractivity contribution is 0.0600. The SMILES string of the molecule is C=CCN1CCN(C(=Nc2ccccc2Cl)c2cccc(C(=O)OC)c2)CC1. The van der Waals surface area contributed by atoms with E-state index in [2.05, 4.69) is 16.4 Å². The number of hydrogen-bond donors (Lipinski definition) is 0. The van der Waals surface area contributed by atoms with Gasteiger partial charge in [0.25, 0.3) is 0 Å². The van der Waals surface area contributed by atoms with Crippen LogP contribution >= 0.6 is 11.6 Å². The Morgan fingerprint density at radius 3 is 2.54 bits per heavy atom. The summed E-state index contributed by atoms with van der Waals surface area (Å²) >= 11 is 6.34. The molecule has 1 aliphatic heterocycles. The number of aliphatic imine (C=N–C) groups is 1. The van der Waals surface area contributed by atoms with Crippen molar-refractivity contribution in [3.8, 4) is 0 Å². The smallest absolute Gasteiger partial charge is 0.337 e. The second kappa shape index (κ2) is 9.53. The van der Waals surface area contributed by atoms with E-state index in [0.29, 0.717) is 16.3 Å². The predicted molar refractivity (Wildman–Crippen MR) is 114 cm³/mol. The lowest BCUT2D eigenvalue weighted by Gasteiger charge is -2.36. The molecule has 0 radical (unpaired) electrons. The van der Waals surface area contributed by atoms with E-state index in [0.717, 1.165) is 44.1 Å². The van der Waals surface area contributed by atoms with Gasteiger partial charge in [0, 0.05) is 38.3 Å². The van der Waals surface area contributed by atoms with Gasteiger partial charge in [-0.25, -0.2) is 9.79 Å². The van der Waals surface area contributed by atoms with Gasteiger partial charge in [-0.15, -0.1) is 6.58 Å². The summed E-state index contributed by atoms with van der Waals surface area (Å²) in [5.41, 5.74) is 2.06. The molecule has 0 saturated carbocycles. The third kappa shape index (κ3) is 4.80. The first-order chi connectivity index (χ1) is 13.6. The first-order valence-corrected chi connectivity index (χ1v) is 9.60. The molecule has 2 aromatic carbocycles. The number of methoxy groups -OCH3 is 1. The Kier molecular flexibility index (Phi) is 6.85. The van der Waals surface area contributed by atoms with Crippen LogP contribution in [0.1, 0.15) is 15.9 Å². The Hall–Kier alpha value is -2.63. The van der Waals surface area contributed by atoms with Gasteiger partial charge >= 0.3 is 5.97 Å². The van der Waals surface area contributed by atoms with Crippen molar-refractivity contribution in [2.75, 3.05) is 39.8 Å². The Morgan fingerprint density at radius 2 is 1.86 bits per heavy atom. The van der Waals surface area contributed by atoms with Gasteiger partial charge in [0.05, 0.1) is 23.4 Å². The number of nitrogens with zero attached hydrogens (tertiary/aromatic N) is 3. The zero-order valence-corrected chi connectivity index (χ0v) is 16.7. The average molecular weight is 398 g/mol. The van der Waals surface area contributed by atoms with Gasteiger partial charge in [-0.05, 0) is 24.3 Å². The monoisotopic (exact) mass is 397 g/mol. The molecule has 146 valence electrons. The number of ether oxygens (including phenoxy) is 1. The highest BCUT2D eigenvalue weighted by Gasteiger charge is 2.21. The highest BCUT2D eigenvalue weighted by atomic mass is 35.5. The number of carbonyl (C=O) groups excluding carboxylic acids is 1. The molecule has 0 unspecified atom stereocenters. The van der Waals surface area contributed by atoms with Crippen LogP contribution in [-0.4, -0.2) is 61.4 Å². The van der Waals surface area contributed by atoms with Crippen LogP contribution < -0.4 is 0 Å². The number of esters is 1. The number of piperazine rings is 1. The molecule has 1 aliphatic rings. The van der Waals surface area contributed by atoms with Crippen molar-refractivity contribution in [1.29, 1.82) is 0 Å². The van der Waals surface area contributed by atoms with Gasteiger partial charge in [0.15, 0.2) is 0 Å². The first-order valence-electron chi connectivity index (χ1n) is 9.22. The largest absolute Gasteiger partial charge is 0.465 e. The Bertz CT molecular complexity index is 874. The van der Waals surface area contributed by atoms with Crippen LogP contribution in [-0.2, 0) is 4.74 Å². The average Bonchev–Trinajstić information content (AvgIpc) is 2.73. The molecular weight excluding hydrogens is 374 g/mol. The number of amidine groups is 1. The van der Waals surface area contributed by atoms with Crippen LogP contribution in [0.5, 0.6) is 0 Å². The van der Waals surface area contributed by atoms with Crippen LogP contribution in [0.15, 0.2) is 66.2 Å². The Labute approximate surface area is 170 Å². The quantitative estimate of drug-likeness (QED) is 0.331. The summed E-state index contributed by atoms with van der Waals surface area (Å²) in [6.45, 7) is 8.20. The summed E-state index contributed by atoms with van der Waals surface area (Å²) in [5.74, 6) is 0.437. The molecule has 2 aromatic rings. The molecule has 6 heteroatoms. The van der Waals surface area contributed by atoms with Crippen molar-refractivity contribution in [1.82, 2.24) is 9.80 Å². The fourth-order valence-electron chi connectivity index (χ4n) is 3.20. The summed E-state index contributed by atoms with van der Waals surface area (Å²) in [6, 6.07) is 14.9. The Balaban J connectivity index is 1.97. The van der Waals surface area contributed by atoms with E-state index in [1.807, 2.05) is 48.5 Å². The van der Waals surface area contributed by atoms with Gasteiger partial charge < -0.3 is 9.64 Å². The number of hydrogen-bond acceptors (Lipinski definition) is 4. The van der Waals surface area contributed by atoms with E-state index in [-0.39, 0.29) is 5.97 Å². The van der Waals surface area contributed by atoms with Crippen molar-refractivity contribution in [3.05, 3.63) is 77.3 Å². The third-order valence-electron chi connectivity index (χ3n) is 4.68. The van der Waals surface area contributed by atoms with Crippen LogP contribution in [0, 0.1) is 0 Å². The molecular formula is C22H24ClN3O2. The molecule has 0 atom stereocenters. The lowest BCUT2D eigenvalue weighted by atomic mass is 10.1. The minimum absolute atomic E-state index is 0.366. The number of carbonyl (C=O) groups is 1. The van der Waals surface area contributed by atoms with Crippen LogP contribution in [0.3, 0.4) is 0 Å². The standard InChI is InChI=1S/C22H24ClN3O2/c1-3-11-25-12-14-26(15-13-25)21(24-20-10-5-4-9-19(20)23)17-7-6-8-18(16-17)22(27)28-2/h3-10,16H,1,11-15H2,2H3. The van der Waals surface area contributed by atoms with Crippen LogP contribution in [0.4, 0.5) is 5.69 Å². The summed E-state index contributed by atoms with van der Waals surface area (Å²) in [4.78, 5) is 21.4. The third-order valence-corrected chi connectivity index (χ3v) is 5.00. The van der Waals surface area contributed by atoms with E-state index < -0.39 is 0 Å². The molecule has 0 amide bonds. The van der Waals surface area contributed by atoms with Crippen molar-refractivity contribution in [2.45, 2.75) is 0 Å². The normalized spacial score (nSPS) is 15.4. The van der Waals surface area contributed by atoms with Gasteiger partial charge in [-0.1, -0.05) is 41.9 Å². The second-order valence-corrected chi connectivity index (χ2v) is 6.94. The fraction of sp³-hybridized carbons (Fsp3) is 0.273. The fourth-order valence-corrected chi connectivity index (χ4v) is 3.38. The second-order valence-electron chi connectivity index (χ2n) is 6.54. The zero-order valence-electron chi connectivity index (χ0n) is 16.0. The van der Waals surface area contributed by atoms with Crippen LogP contribution in [0.2, 0.25) is 5.02 Å². The highest BCUT2D eigenvalue weighted by Crippen LogP contribution is 2.26. The van der Waals surface area contributed by atoms with E-state index in [1.165, 1.54) is 7.11 Å². The van der Waals surface area contributed by atoms with E-state index in [4.69, 9.17) is 21.3 Å². The molecule has 1 fully saturated rings. The number of halogens is 1. The van der Waals surface area contributed by atoms with Gasteiger partial charge in [0.2, 0.25) is 0 Å². The molecule has 0 aliphatic carbocycles. The number of benzene rings is 2. The van der Waals surface area contributed by atoms with Crippen molar-refractivity contribution in [3.63, 3.8) is 0 Å². The maximum Gasteiger partial charge on any atom is 0.337 e. The minimum atomic E-state index is -0.366. The molecule has 5 nitrogen and oxygen atoms in total. The number of para-hydroxylation sites is 1. The van der Waals surface area contributed by atoms with E-state index >= 15 is 0 Å². The summed E-state index contributed by atoms with van der Waals surface area (Å²) in [7, 11) is 1.38. The molecule has 1 heterocycles. The van der Waals surface area contributed by atoms with Crippen molar-refractivity contribution < 1.29 is 9.53 Å². The van der Waals surface area contributed by atoms with Gasteiger partial charge in [0.1, 0.15) is 5.84 Å². The minimum Gasteiger partial charge on any atom is -0.465 e. The summed E-state index contributed by atoms with van der Waals surface area (Å²) in [6.07, 6.45) is 1.92. The molecule has 0 N–H and O–H groups in total. The van der Waals surface area contributed by atoms with E-state index in [1.54, 1.807) is 6.07 Å². The number of rotatable bonds is 5. The maximum absolute atomic E-state index is 12.0. The van der Waals surface area contributed by atoms with Crippen LogP contribution in [0.25, 0.3) is 0 Å². The Morgan fingerprint density at radius 1 is 1.14 bits per heavy atom. The lowest BCUT2D eigenvalue weighted by Crippen LogP contribution is -2.48. The molecule has 0 spiro atoms.